The van der Waals surface area contributed by atoms with Crippen molar-refractivity contribution in [1.82, 2.24) is 10.3 Å². The van der Waals surface area contributed by atoms with Gasteiger partial charge in [0.15, 0.2) is 5.17 Å². The van der Waals surface area contributed by atoms with Gasteiger partial charge in [-0.15, -0.1) is 11.3 Å². The van der Waals surface area contributed by atoms with Crippen LogP contribution in [-0.2, 0) is 6.54 Å². The Bertz CT molecular complexity index is 308. The van der Waals surface area contributed by atoms with Crippen molar-refractivity contribution < 1.29 is 0 Å². The molecule has 2 heterocycles. The maximum atomic E-state index is 4.43. The van der Waals surface area contributed by atoms with Gasteiger partial charge in [-0.25, -0.2) is 4.98 Å². The lowest BCUT2D eigenvalue weighted by Gasteiger charge is -2.04. The van der Waals surface area contributed by atoms with Gasteiger partial charge in [-0.3, -0.25) is 4.99 Å². The summed E-state index contributed by atoms with van der Waals surface area (Å²) in [6, 6.07) is 0. The van der Waals surface area contributed by atoms with Crippen molar-refractivity contribution in [2.75, 3.05) is 6.54 Å². The number of aromatic nitrogens is 1. The molecule has 1 unspecified atom stereocenters. The number of nitrogens with one attached hydrogen (secondary N) is 1. The Labute approximate surface area is 92.0 Å². The van der Waals surface area contributed by atoms with Crippen LogP contribution in [0.5, 0.6) is 0 Å². The molecule has 5 heteroatoms. The Morgan fingerprint density at radius 2 is 2.57 bits per heavy atom. The number of nitrogens with zero attached hydrogens (tertiary/aromatic N) is 2. The van der Waals surface area contributed by atoms with E-state index in [4.69, 9.17) is 0 Å². The summed E-state index contributed by atoms with van der Waals surface area (Å²) in [5.41, 5.74) is 2.95. The number of thiazole rings is 1. The number of thioether (sulfide) groups is 1. The van der Waals surface area contributed by atoms with Crippen LogP contribution in [0.3, 0.4) is 0 Å². The molecule has 0 aromatic carbocycles. The highest BCUT2D eigenvalue weighted by molar-refractivity contribution is 8.14. The molecule has 0 radical (unpaired) electrons. The van der Waals surface area contributed by atoms with Crippen molar-refractivity contribution in [3.8, 4) is 0 Å². The Balaban J connectivity index is 1.77. The van der Waals surface area contributed by atoms with Gasteiger partial charge in [-0.2, -0.15) is 0 Å². The predicted molar refractivity (Wildman–Crippen MR) is 62.9 cm³/mol. The predicted octanol–water partition coefficient (Wildman–Crippen LogP) is 2.11. The Morgan fingerprint density at radius 3 is 3.21 bits per heavy atom. The zero-order valence-corrected chi connectivity index (χ0v) is 9.70. The molecule has 0 saturated carbocycles. The van der Waals surface area contributed by atoms with Gasteiger partial charge in [0.2, 0.25) is 0 Å². The van der Waals surface area contributed by atoms with Gasteiger partial charge in [0.1, 0.15) is 0 Å². The Kier molecular flexibility index (Phi) is 3.42. The van der Waals surface area contributed by atoms with Gasteiger partial charge < -0.3 is 5.32 Å². The lowest BCUT2D eigenvalue weighted by molar-refractivity contribution is 0.837. The largest absolute Gasteiger partial charge is 0.359 e. The summed E-state index contributed by atoms with van der Waals surface area (Å²) in [6.07, 6.45) is 1.19. The number of hydrogen-bond acceptors (Lipinski definition) is 5. The molecule has 1 aromatic rings. The zero-order chi connectivity index (χ0) is 9.80. The van der Waals surface area contributed by atoms with Crippen LogP contribution >= 0.6 is 23.1 Å². The van der Waals surface area contributed by atoms with E-state index in [1.165, 1.54) is 6.42 Å². The first-order valence-electron chi connectivity index (χ1n) is 4.70. The van der Waals surface area contributed by atoms with E-state index in [0.29, 0.717) is 5.25 Å². The van der Waals surface area contributed by atoms with Crippen LogP contribution < -0.4 is 5.32 Å². The highest BCUT2D eigenvalue weighted by atomic mass is 32.2. The molecule has 14 heavy (non-hydrogen) atoms. The van der Waals surface area contributed by atoms with Gasteiger partial charge in [0.25, 0.3) is 0 Å². The van der Waals surface area contributed by atoms with Crippen molar-refractivity contribution in [3.05, 3.63) is 16.6 Å². The third-order valence-corrected chi connectivity index (χ3v) is 4.02. The average Bonchev–Trinajstić information content (AvgIpc) is 2.86. The fraction of sp³-hybridized carbons (Fsp3) is 0.556. The molecule has 0 spiro atoms. The maximum Gasteiger partial charge on any atom is 0.157 e. The summed E-state index contributed by atoms with van der Waals surface area (Å²) in [4.78, 5) is 8.64. The quantitative estimate of drug-likeness (QED) is 0.859. The van der Waals surface area contributed by atoms with E-state index in [-0.39, 0.29) is 0 Å². The van der Waals surface area contributed by atoms with Gasteiger partial charge >= 0.3 is 0 Å². The minimum absolute atomic E-state index is 0.674. The average molecular weight is 227 g/mol. The molecule has 1 aromatic heterocycles. The van der Waals surface area contributed by atoms with E-state index in [9.17, 15) is 0 Å². The SMILES string of the molecule is CCC1CN=C(NCc2cscn2)S1. The van der Waals surface area contributed by atoms with Crippen molar-refractivity contribution in [1.29, 1.82) is 0 Å². The van der Waals surface area contributed by atoms with Crippen LogP contribution in [0.25, 0.3) is 0 Å². The standard InChI is InChI=1S/C9H13N3S2/c1-2-8-4-11-9(14-8)10-3-7-5-13-6-12-7/h5-6,8H,2-4H2,1H3,(H,10,11). The van der Waals surface area contributed by atoms with E-state index < -0.39 is 0 Å². The molecule has 1 N–H and O–H groups in total. The molecule has 0 saturated heterocycles. The summed E-state index contributed by atoms with van der Waals surface area (Å²) in [6.45, 7) is 3.96. The first kappa shape index (κ1) is 9.98. The van der Waals surface area contributed by atoms with Crippen LogP contribution in [-0.4, -0.2) is 21.9 Å². The van der Waals surface area contributed by atoms with Gasteiger partial charge in [0.05, 0.1) is 24.3 Å². The lowest BCUT2D eigenvalue weighted by Crippen LogP contribution is -2.18. The van der Waals surface area contributed by atoms with E-state index >= 15 is 0 Å². The Morgan fingerprint density at radius 1 is 1.64 bits per heavy atom. The first-order valence-corrected chi connectivity index (χ1v) is 6.52. The number of rotatable bonds is 3. The second-order valence-electron chi connectivity index (χ2n) is 3.13. The summed E-state index contributed by atoms with van der Waals surface area (Å²) in [5.74, 6) is 0. The van der Waals surface area contributed by atoms with Crippen LogP contribution in [0, 0.1) is 0 Å². The number of aliphatic imine (C=N–C) groups is 1. The molecule has 0 bridgehead atoms. The van der Waals surface area contributed by atoms with E-state index in [1.54, 1.807) is 11.3 Å². The molecule has 0 fully saturated rings. The van der Waals surface area contributed by atoms with Gasteiger partial charge in [0, 0.05) is 10.6 Å². The molecular formula is C9H13N3S2. The molecule has 3 nitrogen and oxygen atoms in total. The maximum absolute atomic E-state index is 4.43. The van der Waals surface area contributed by atoms with Crippen molar-refractivity contribution >= 4 is 28.3 Å². The Hall–Kier alpha value is -0.550. The minimum atomic E-state index is 0.674. The monoisotopic (exact) mass is 227 g/mol. The smallest absolute Gasteiger partial charge is 0.157 e. The zero-order valence-electron chi connectivity index (χ0n) is 8.06. The lowest BCUT2D eigenvalue weighted by atomic mass is 10.3. The summed E-state index contributed by atoms with van der Waals surface area (Å²) >= 11 is 3.48. The molecule has 1 atom stereocenters. The second-order valence-corrected chi connectivity index (χ2v) is 5.14. The normalized spacial score (nSPS) is 20.9. The third-order valence-electron chi connectivity index (χ3n) is 2.08. The van der Waals surface area contributed by atoms with Crippen LogP contribution in [0.2, 0.25) is 0 Å². The summed E-state index contributed by atoms with van der Waals surface area (Å²) < 4.78 is 0. The second kappa shape index (κ2) is 4.79. The van der Waals surface area contributed by atoms with Gasteiger partial charge in [-0.05, 0) is 6.42 Å². The van der Waals surface area contributed by atoms with E-state index in [0.717, 1.165) is 24.0 Å². The van der Waals surface area contributed by atoms with E-state index in [1.807, 2.05) is 17.3 Å². The van der Waals surface area contributed by atoms with Crippen molar-refractivity contribution in [2.45, 2.75) is 25.1 Å². The molecule has 1 aliphatic rings. The number of hydrogen-bond donors (Lipinski definition) is 1. The highest BCUT2D eigenvalue weighted by Gasteiger charge is 2.17. The van der Waals surface area contributed by atoms with Crippen LogP contribution in [0.4, 0.5) is 0 Å². The topological polar surface area (TPSA) is 37.3 Å². The highest BCUT2D eigenvalue weighted by Crippen LogP contribution is 2.22. The summed E-state index contributed by atoms with van der Waals surface area (Å²) in [7, 11) is 0. The molecule has 76 valence electrons. The number of amidine groups is 1. The summed E-state index contributed by atoms with van der Waals surface area (Å²) in [5, 5.41) is 7.11. The first-order chi connectivity index (χ1) is 6.88. The van der Waals surface area contributed by atoms with Gasteiger partial charge in [-0.1, -0.05) is 18.7 Å². The fourth-order valence-electron chi connectivity index (χ4n) is 1.22. The van der Waals surface area contributed by atoms with Crippen LogP contribution in [0.15, 0.2) is 15.9 Å². The molecule has 2 rings (SSSR count). The molecule has 0 amide bonds. The fourth-order valence-corrected chi connectivity index (χ4v) is 2.71. The third kappa shape index (κ3) is 2.48. The van der Waals surface area contributed by atoms with E-state index in [2.05, 4.69) is 27.6 Å². The van der Waals surface area contributed by atoms with Crippen LogP contribution in [0.1, 0.15) is 19.0 Å². The molecule has 0 aliphatic carbocycles. The minimum Gasteiger partial charge on any atom is -0.359 e. The molecule has 1 aliphatic heterocycles. The van der Waals surface area contributed by atoms with Crippen molar-refractivity contribution in [3.63, 3.8) is 0 Å². The van der Waals surface area contributed by atoms with Crippen molar-refractivity contribution in [2.24, 2.45) is 4.99 Å². The molecular weight excluding hydrogens is 214 g/mol.